The number of H-pyrrole nitrogens is 1. The molecular formula is C11H12N2O3S2. The Morgan fingerprint density at radius 2 is 2.33 bits per heavy atom. The number of hydrogen-bond donors (Lipinski definition) is 3. The molecule has 0 atom stereocenters. The number of fused-ring (bicyclic) bond motifs is 1. The van der Waals surface area contributed by atoms with Crippen molar-refractivity contribution in [3.8, 4) is 5.75 Å². The van der Waals surface area contributed by atoms with Gasteiger partial charge in [-0.05, 0) is 12.2 Å². The number of rotatable bonds is 4. The molecule has 0 saturated heterocycles. The van der Waals surface area contributed by atoms with Gasteiger partial charge < -0.3 is 15.8 Å². The lowest BCUT2D eigenvalue weighted by Gasteiger charge is -1.98. The third-order valence-electron chi connectivity index (χ3n) is 2.31. The van der Waals surface area contributed by atoms with E-state index in [1.165, 1.54) is 23.1 Å². The number of nitrogens with one attached hydrogen (secondary N) is 1. The third-order valence-corrected chi connectivity index (χ3v) is 5.00. The van der Waals surface area contributed by atoms with Gasteiger partial charge in [0.05, 0.1) is 20.0 Å². The number of nitrogens with two attached hydrogens (primary N) is 1. The SMILES string of the molecule is CCCSc1sc2c(O)cc(=O)[nH]c2c1C(N)=O. The first kappa shape index (κ1) is 13.0. The summed E-state index contributed by atoms with van der Waals surface area (Å²) in [7, 11) is 0. The van der Waals surface area contributed by atoms with Crippen LogP contribution in [0.25, 0.3) is 10.2 Å². The largest absolute Gasteiger partial charge is 0.506 e. The Bertz CT molecular complexity index is 660. The molecule has 0 spiro atoms. The minimum atomic E-state index is -0.596. The van der Waals surface area contributed by atoms with E-state index in [4.69, 9.17) is 5.73 Å². The van der Waals surface area contributed by atoms with Gasteiger partial charge in [-0.1, -0.05) is 6.92 Å². The van der Waals surface area contributed by atoms with Crippen LogP contribution >= 0.6 is 23.1 Å². The van der Waals surface area contributed by atoms with Crippen molar-refractivity contribution in [1.29, 1.82) is 0 Å². The van der Waals surface area contributed by atoms with Crippen LogP contribution < -0.4 is 11.3 Å². The summed E-state index contributed by atoms with van der Waals surface area (Å²) in [6.45, 7) is 2.03. The maximum absolute atomic E-state index is 11.5. The van der Waals surface area contributed by atoms with E-state index >= 15 is 0 Å². The summed E-state index contributed by atoms with van der Waals surface area (Å²) >= 11 is 2.77. The molecule has 0 aliphatic heterocycles. The molecule has 0 fully saturated rings. The summed E-state index contributed by atoms with van der Waals surface area (Å²) < 4.78 is 1.22. The Morgan fingerprint density at radius 3 is 2.94 bits per heavy atom. The molecule has 4 N–H and O–H groups in total. The normalized spacial score (nSPS) is 10.9. The van der Waals surface area contributed by atoms with E-state index in [0.717, 1.165) is 22.4 Å². The Hall–Kier alpha value is -1.47. The van der Waals surface area contributed by atoms with Crippen molar-refractivity contribution in [2.45, 2.75) is 17.6 Å². The number of amides is 1. The van der Waals surface area contributed by atoms with Crippen molar-refractivity contribution < 1.29 is 9.90 Å². The number of aromatic amines is 1. The molecule has 0 aliphatic carbocycles. The molecule has 1 amide bonds. The maximum Gasteiger partial charge on any atom is 0.252 e. The minimum Gasteiger partial charge on any atom is -0.506 e. The van der Waals surface area contributed by atoms with Gasteiger partial charge in [-0.25, -0.2) is 0 Å². The van der Waals surface area contributed by atoms with Gasteiger partial charge in [-0.15, -0.1) is 23.1 Å². The monoisotopic (exact) mass is 284 g/mol. The topological polar surface area (TPSA) is 96.2 Å². The molecule has 96 valence electrons. The fraction of sp³-hybridized carbons (Fsp3) is 0.273. The van der Waals surface area contributed by atoms with Crippen LogP contribution in [0.4, 0.5) is 0 Å². The van der Waals surface area contributed by atoms with Gasteiger partial charge in [0.15, 0.2) is 0 Å². The van der Waals surface area contributed by atoms with Gasteiger partial charge in [0, 0.05) is 6.07 Å². The molecule has 18 heavy (non-hydrogen) atoms. The van der Waals surface area contributed by atoms with Crippen LogP contribution in [0.3, 0.4) is 0 Å². The maximum atomic E-state index is 11.5. The molecule has 0 bridgehead atoms. The van der Waals surface area contributed by atoms with E-state index in [0.29, 0.717) is 15.8 Å². The number of thiophene rings is 1. The highest BCUT2D eigenvalue weighted by Gasteiger charge is 2.20. The third kappa shape index (κ3) is 2.23. The van der Waals surface area contributed by atoms with Crippen molar-refractivity contribution in [2.24, 2.45) is 5.73 Å². The van der Waals surface area contributed by atoms with Gasteiger partial charge in [-0.3, -0.25) is 9.59 Å². The van der Waals surface area contributed by atoms with E-state index < -0.39 is 11.5 Å². The average molecular weight is 284 g/mol. The number of aromatic nitrogens is 1. The second-order valence-electron chi connectivity index (χ2n) is 3.70. The van der Waals surface area contributed by atoms with Crippen molar-refractivity contribution in [3.63, 3.8) is 0 Å². The number of primary amides is 1. The van der Waals surface area contributed by atoms with Crippen LogP contribution in [0.5, 0.6) is 5.75 Å². The van der Waals surface area contributed by atoms with E-state index in [2.05, 4.69) is 4.98 Å². The number of pyridine rings is 1. The summed E-state index contributed by atoms with van der Waals surface area (Å²) in [6.07, 6.45) is 0.958. The Balaban J connectivity index is 2.71. The second-order valence-corrected chi connectivity index (χ2v) is 6.08. The molecule has 0 aliphatic rings. The van der Waals surface area contributed by atoms with Crippen LogP contribution in [0.15, 0.2) is 15.1 Å². The van der Waals surface area contributed by atoms with Gasteiger partial charge in [0.2, 0.25) is 0 Å². The number of carbonyl (C=O) groups excluding carboxylic acids is 1. The molecule has 5 nitrogen and oxygen atoms in total. The van der Waals surface area contributed by atoms with Gasteiger partial charge in [-0.2, -0.15) is 0 Å². The van der Waals surface area contributed by atoms with Crippen LogP contribution in [0.1, 0.15) is 23.7 Å². The summed E-state index contributed by atoms with van der Waals surface area (Å²) in [5.41, 5.74) is 5.52. The van der Waals surface area contributed by atoms with Gasteiger partial charge in [0.25, 0.3) is 11.5 Å². The van der Waals surface area contributed by atoms with Crippen LogP contribution in [0, 0.1) is 0 Å². The lowest BCUT2D eigenvalue weighted by molar-refractivity contribution is 0.0999. The molecular weight excluding hydrogens is 272 g/mol. The molecule has 7 heteroatoms. The van der Waals surface area contributed by atoms with Crippen molar-refractivity contribution in [1.82, 2.24) is 4.98 Å². The fourth-order valence-electron chi connectivity index (χ4n) is 1.58. The zero-order valence-corrected chi connectivity index (χ0v) is 11.3. The van der Waals surface area contributed by atoms with Crippen molar-refractivity contribution in [3.05, 3.63) is 22.0 Å². The lowest BCUT2D eigenvalue weighted by atomic mass is 10.2. The van der Waals surface area contributed by atoms with Crippen LogP contribution in [0.2, 0.25) is 0 Å². The molecule has 0 radical (unpaired) electrons. The smallest absolute Gasteiger partial charge is 0.252 e. The number of thioether (sulfide) groups is 1. The predicted octanol–water partition coefficient (Wildman–Crippen LogP) is 1.90. The van der Waals surface area contributed by atoms with Crippen molar-refractivity contribution in [2.75, 3.05) is 5.75 Å². The van der Waals surface area contributed by atoms with Crippen LogP contribution in [-0.4, -0.2) is 21.8 Å². The Kier molecular flexibility index (Phi) is 3.63. The Labute approximate surface area is 111 Å². The first-order valence-corrected chi connectivity index (χ1v) is 7.16. The first-order valence-electron chi connectivity index (χ1n) is 5.36. The van der Waals surface area contributed by atoms with E-state index in [1.807, 2.05) is 6.92 Å². The Morgan fingerprint density at radius 1 is 1.61 bits per heavy atom. The summed E-state index contributed by atoms with van der Waals surface area (Å²) in [6, 6.07) is 1.10. The quantitative estimate of drug-likeness (QED) is 0.747. The van der Waals surface area contributed by atoms with Crippen LogP contribution in [-0.2, 0) is 0 Å². The number of hydrogen-bond acceptors (Lipinski definition) is 5. The van der Waals surface area contributed by atoms with E-state index in [-0.39, 0.29) is 5.75 Å². The number of aromatic hydroxyl groups is 1. The predicted molar refractivity (Wildman–Crippen MR) is 73.6 cm³/mol. The summed E-state index contributed by atoms with van der Waals surface area (Å²) in [5.74, 6) is 0.128. The fourth-order valence-corrected chi connectivity index (χ4v) is 3.96. The molecule has 2 heterocycles. The summed E-state index contributed by atoms with van der Waals surface area (Å²) in [4.78, 5) is 25.4. The molecule has 0 unspecified atom stereocenters. The highest BCUT2D eigenvalue weighted by molar-refractivity contribution is 8.01. The zero-order chi connectivity index (χ0) is 13.3. The molecule has 2 rings (SSSR count). The van der Waals surface area contributed by atoms with Crippen molar-refractivity contribution >= 4 is 39.2 Å². The molecule has 0 aromatic carbocycles. The average Bonchev–Trinajstić information content (AvgIpc) is 2.64. The molecule has 2 aromatic rings. The first-order chi connectivity index (χ1) is 8.54. The summed E-state index contributed by atoms with van der Waals surface area (Å²) in [5, 5.41) is 9.73. The minimum absolute atomic E-state index is 0.121. The lowest BCUT2D eigenvalue weighted by Crippen LogP contribution is -2.13. The highest BCUT2D eigenvalue weighted by Crippen LogP contribution is 2.40. The number of carbonyl (C=O) groups is 1. The highest BCUT2D eigenvalue weighted by atomic mass is 32.2. The molecule has 0 saturated carbocycles. The molecule has 2 aromatic heterocycles. The van der Waals surface area contributed by atoms with E-state index in [9.17, 15) is 14.7 Å². The zero-order valence-electron chi connectivity index (χ0n) is 9.65. The second kappa shape index (κ2) is 5.03. The van der Waals surface area contributed by atoms with Gasteiger partial charge in [0.1, 0.15) is 5.75 Å². The van der Waals surface area contributed by atoms with E-state index in [1.54, 1.807) is 0 Å². The standard InChI is InChI=1S/C11H12N2O3S2/c1-2-3-17-11-7(10(12)16)8-9(18-11)5(14)4-6(15)13-8/h4H,2-3H2,1H3,(H2,12,16)(H2,13,14,15). The van der Waals surface area contributed by atoms with Gasteiger partial charge >= 0.3 is 0 Å².